The SMILES string of the molecule is C[C@H]1CCCC[C@@]12NC(=O)N(CC(=O)Nc1ccc(N3CCOCC3)cc1)C2=O. The molecule has 8 nitrogen and oxygen atoms in total. The van der Waals surface area contributed by atoms with Crippen LogP contribution in [-0.4, -0.2) is 61.1 Å². The highest BCUT2D eigenvalue weighted by molar-refractivity contribution is 6.10. The molecule has 2 aliphatic heterocycles. The Morgan fingerprint density at radius 2 is 1.93 bits per heavy atom. The van der Waals surface area contributed by atoms with E-state index in [1.807, 2.05) is 31.2 Å². The molecule has 4 rings (SSSR count). The summed E-state index contributed by atoms with van der Waals surface area (Å²) < 4.78 is 5.36. The number of carbonyl (C=O) groups is 3. The van der Waals surface area contributed by atoms with E-state index in [0.717, 1.165) is 42.9 Å². The Morgan fingerprint density at radius 3 is 2.62 bits per heavy atom. The van der Waals surface area contributed by atoms with Crippen LogP contribution >= 0.6 is 0 Å². The van der Waals surface area contributed by atoms with Crippen molar-refractivity contribution >= 4 is 29.2 Å². The number of hydrogen-bond donors (Lipinski definition) is 2. The zero-order valence-electron chi connectivity index (χ0n) is 16.8. The van der Waals surface area contributed by atoms with Crippen molar-refractivity contribution < 1.29 is 19.1 Å². The smallest absolute Gasteiger partial charge is 0.325 e. The molecule has 1 aromatic rings. The summed E-state index contributed by atoms with van der Waals surface area (Å²) in [6, 6.07) is 7.10. The van der Waals surface area contributed by atoms with Gasteiger partial charge >= 0.3 is 6.03 Å². The zero-order valence-corrected chi connectivity index (χ0v) is 16.8. The maximum atomic E-state index is 13.0. The second kappa shape index (κ2) is 8.02. The van der Waals surface area contributed by atoms with Gasteiger partial charge in [-0.3, -0.25) is 14.5 Å². The fourth-order valence-corrected chi connectivity index (χ4v) is 4.56. The van der Waals surface area contributed by atoms with Gasteiger partial charge in [-0.2, -0.15) is 0 Å². The molecule has 1 aliphatic carbocycles. The van der Waals surface area contributed by atoms with Crippen molar-refractivity contribution in [1.29, 1.82) is 0 Å². The molecule has 0 radical (unpaired) electrons. The summed E-state index contributed by atoms with van der Waals surface area (Å²) in [6.45, 7) is 4.84. The largest absolute Gasteiger partial charge is 0.378 e. The average Bonchev–Trinajstić information content (AvgIpc) is 2.96. The van der Waals surface area contributed by atoms with E-state index in [0.29, 0.717) is 25.3 Å². The predicted octanol–water partition coefficient (Wildman–Crippen LogP) is 1.96. The third-order valence-electron chi connectivity index (χ3n) is 6.33. The molecule has 2 N–H and O–H groups in total. The van der Waals surface area contributed by atoms with Crippen molar-refractivity contribution in [3.63, 3.8) is 0 Å². The van der Waals surface area contributed by atoms with Crippen molar-refractivity contribution in [2.75, 3.05) is 43.1 Å². The minimum absolute atomic E-state index is 0.0773. The lowest BCUT2D eigenvalue weighted by atomic mass is 9.73. The molecule has 2 heterocycles. The van der Waals surface area contributed by atoms with E-state index >= 15 is 0 Å². The molecule has 29 heavy (non-hydrogen) atoms. The molecule has 0 aromatic heterocycles. The van der Waals surface area contributed by atoms with E-state index in [1.54, 1.807) is 0 Å². The van der Waals surface area contributed by atoms with Gasteiger partial charge in [0.15, 0.2) is 0 Å². The standard InChI is InChI=1S/C21H28N4O4/c1-15-4-2-3-9-21(15)19(27)25(20(28)23-21)14-18(26)22-16-5-7-17(8-6-16)24-10-12-29-13-11-24/h5-8,15H,2-4,9-14H2,1H3,(H,22,26)(H,23,28)/t15-,21+/m0/s1. The Kier molecular flexibility index (Phi) is 5.45. The fourth-order valence-electron chi connectivity index (χ4n) is 4.56. The Hall–Kier alpha value is -2.61. The van der Waals surface area contributed by atoms with Gasteiger partial charge < -0.3 is 20.3 Å². The number of hydrogen-bond acceptors (Lipinski definition) is 5. The van der Waals surface area contributed by atoms with Crippen molar-refractivity contribution in [2.24, 2.45) is 5.92 Å². The van der Waals surface area contributed by atoms with Crippen LogP contribution in [0.1, 0.15) is 32.6 Å². The summed E-state index contributed by atoms with van der Waals surface area (Å²) in [6.07, 6.45) is 3.51. The molecule has 2 saturated heterocycles. The van der Waals surface area contributed by atoms with Gasteiger partial charge in [-0.1, -0.05) is 19.8 Å². The highest BCUT2D eigenvalue weighted by Gasteiger charge is 2.55. The summed E-state index contributed by atoms with van der Waals surface area (Å²) in [5.74, 6) is -0.575. The van der Waals surface area contributed by atoms with Gasteiger partial charge in [0.25, 0.3) is 5.91 Å². The number of carbonyl (C=O) groups excluding carboxylic acids is 3. The summed E-state index contributed by atoms with van der Waals surface area (Å²) >= 11 is 0. The first-order valence-corrected chi connectivity index (χ1v) is 10.4. The molecular formula is C21H28N4O4. The van der Waals surface area contributed by atoms with E-state index < -0.39 is 11.6 Å². The number of benzene rings is 1. The number of ether oxygens (including phenoxy) is 1. The second-order valence-electron chi connectivity index (χ2n) is 8.13. The molecule has 3 aliphatic rings. The lowest BCUT2D eigenvalue weighted by molar-refractivity contribution is -0.136. The van der Waals surface area contributed by atoms with Crippen molar-refractivity contribution in [2.45, 2.75) is 38.1 Å². The van der Waals surface area contributed by atoms with Crippen LogP contribution in [0.4, 0.5) is 16.2 Å². The van der Waals surface area contributed by atoms with Crippen molar-refractivity contribution in [1.82, 2.24) is 10.2 Å². The maximum absolute atomic E-state index is 13.0. The van der Waals surface area contributed by atoms with Gasteiger partial charge in [-0.05, 0) is 43.0 Å². The van der Waals surface area contributed by atoms with Gasteiger partial charge in [0.1, 0.15) is 12.1 Å². The van der Waals surface area contributed by atoms with Gasteiger partial charge in [0.2, 0.25) is 5.91 Å². The number of nitrogens with one attached hydrogen (secondary N) is 2. The normalized spacial score (nSPS) is 27.3. The molecule has 0 bridgehead atoms. The van der Waals surface area contributed by atoms with Gasteiger partial charge in [-0.15, -0.1) is 0 Å². The minimum atomic E-state index is -0.838. The first kappa shape index (κ1) is 19.7. The fraction of sp³-hybridized carbons (Fsp3) is 0.571. The summed E-state index contributed by atoms with van der Waals surface area (Å²) in [4.78, 5) is 41.1. The monoisotopic (exact) mass is 400 g/mol. The Bertz CT molecular complexity index is 790. The van der Waals surface area contributed by atoms with Crippen LogP contribution in [0.15, 0.2) is 24.3 Å². The maximum Gasteiger partial charge on any atom is 0.325 e. The Morgan fingerprint density at radius 1 is 1.21 bits per heavy atom. The van der Waals surface area contributed by atoms with E-state index in [9.17, 15) is 14.4 Å². The molecule has 156 valence electrons. The van der Waals surface area contributed by atoms with Crippen LogP contribution in [0.5, 0.6) is 0 Å². The minimum Gasteiger partial charge on any atom is -0.378 e. The number of imide groups is 1. The van der Waals surface area contributed by atoms with Gasteiger partial charge in [-0.25, -0.2) is 4.79 Å². The number of urea groups is 1. The average molecular weight is 400 g/mol. The number of rotatable bonds is 4. The molecule has 1 aromatic carbocycles. The van der Waals surface area contributed by atoms with Crippen LogP contribution in [0, 0.1) is 5.92 Å². The highest BCUT2D eigenvalue weighted by Crippen LogP contribution is 2.38. The van der Waals surface area contributed by atoms with Gasteiger partial charge in [0.05, 0.1) is 13.2 Å². The first-order chi connectivity index (χ1) is 14.0. The number of amides is 4. The van der Waals surface area contributed by atoms with E-state index in [2.05, 4.69) is 15.5 Å². The van der Waals surface area contributed by atoms with Crippen LogP contribution in [-0.2, 0) is 14.3 Å². The van der Waals surface area contributed by atoms with Crippen molar-refractivity contribution in [3.8, 4) is 0 Å². The third-order valence-corrected chi connectivity index (χ3v) is 6.33. The molecule has 0 unspecified atom stereocenters. The zero-order chi connectivity index (χ0) is 20.4. The Balaban J connectivity index is 1.37. The molecule has 3 fully saturated rings. The molecule has 4 amide bonds. The lowest BCUT2D eigenvalue weighted by Crippen LogP contribution is -2.54. The number of nitrogens with zero attached hydrogens (tertiary/aromatic N) is 2. The van der Waals surface area contributed by atoms with Crippen LogP contribution in [0.25, 0.3) is 0 Å². The summed E-state index contributed by atoms with van der Waals surface area (Å²) in [7, 11) is 0. The third kappa shape index (κ3) is 3.81. The van der Waals surface area contributed by atoms with E-state index in [4.69, 9.17) is 4.74 Å². The van der Waals surface area contributed by atoms with E-state index in [-0.39, 0.29) is 24.3 Å². The quantitative estimate of drug-likeness (QED) is 0.754. The topological polar surface area (TPSA) is 91.0 Å². The summed E-state index contributed by atoms with van der Waals surface area (Å²) in [5, 5.41) is 5.66. The molecule has 1 saturated carbocycles. The van der Waals surface area contributed by atoms with Crippen LogP contribution in [0.3, 0.4) is 0 Å². The van der Waals surface area contributed by atoms with Crippen molar-refractivity contribution in [3.05, 3.63) is 24.3 Å². The molecule has 2 atom stereocenters. The Labute approximate surface area is 170 Å². The highest BCUT2D eigenvalue weighted by atomic mass is 16.5. The molecule has 8 heteroatoms. The first-order valence-electron chi connectivity index (χ1n) is 10.4. The summed E-state index contributed by atoms with van der Waals surface area (Å²) in [5.41, 5.74) is 0.878. The molecular weight excluding hydrogens is 372 g/mol. The van der Waals surface area contributed by atoms with Crippen LogP contribution < -0.4 is 15.5 Å². The number of anilines is 2. The van der Waals surface area contributed by atoms with Crippen LogP contribution in [0.2, 0.25) is 0 Å². The predicted molar refractivity (Wildman–Crippen MR) is 109 cm³/mol. The molecule has 1 spiro atoms. The van der Waals surface area contributed by atoms with E-state index in [1.165, 1.54) is 0 Å². The lowest BCUT2D eigenvalue weighted by Gasteiger charge is -2.36. The second-order valence-corrected chi connectivity index (χ2v) is 8.13. The van der Waals surface area contributed by atoms with Gasteiger partial charge in [0, 0.05) is 24.5 Å². The number of morpholine rings is 1.